The Bertz CT molecular complexity index is 502. The zero-order chi connectivity index (χ0) is 12.8. The zero-order valence-electron chi connectivity index (χ0n) is 9.97. The monoisotopic (exact) mass is 262 g/mol. The number of hydrogen-bond acceptors (Lipinski definition) is 3. The van der Waals surface area contributed by atoms with Gasteiger partial charge in [-0.3, -0.25) is 4.98 Å². The van der Waals surface area contributed by atoms with Gasteiger partial charge in [-0.2, -0.15) is 0 Å². The Labute approximate surface area is 112 Å². The highest BCUT2D eigenvalue weighted by Gasteiger charge is 2.03. The molecule has 0 unspecified atom stereocenters. The third-order valence-electron chi connectivity index (χ3n) is 2.58. The lowest BCUT2D eigenvalue weighted by atomic mass is 10.2. The van der Waals surface area contributed by atoms with Crippen LogP contribution >= 0.6 is 11.6 Å². The van der Waals surface area contributed by atoms with Gasteiger partial charge in [0.05, 0.1) is 6.61 Å². The van der Waals surface area contributed by atoms with Gasteiger partial charge in [-0.25, -0.2) is 0 Å². The third-order valence-corrected chi connectivity index (χ3v) is 2.82. The Balaban J connectivity index is 1.94. The van der Waals surface area contributed by atoms with Crippen molar-refractivity contribution in [1.82, 2.24) is 4.98 Å². The summed E-state index contributed by atoms with van der Waals surface area (Å²) in [7, 11) is 0. The van der Waals surface area contributed by atoms with Crippen molar-refractivity contribution >= 4 is 11.6 Å². The average Bonchev–Trinajstić information content (AvgIpc) is 2.41. The van der Waals surface area contributed by atoms with Gasteiger partial charge in [0.25, 0.3) is 0 Å². The smallest absolute Gasteiger partial charge is 0.123 e. The molecule has 2 N–H and O–H groups in total. The van der Waals surface area contributed by atoms with Gasteiger partial charge < -0.3 is 10.5 Å². The van der Waals surface area contributed by atoms with E-state index >= 15 is 0 Å². The molecular weight excluding hydrogens is 248 g/mol. The Morgan fingerprint density at radius 2 is 2.11 bits per heavy atom. The molecule has 0 amide bonds. The van der Waals surface area contributed by atoms with Crippen molar-refractivity contribution in [3.05, 3.63) is 58.9 Å². The van der Waals surface area contributed by atoms with Crippen LogP contribution < -0.4 is 10.5 Å². The van der Waals surface area contributed by atoms with Crippen molar-refractivity contribution in [2.24, 2.45) is 5.73 Å². The normalized spacial score (nSPS) is 10.3. The van der Waals surface area contributed by atoms with E-state index in [4.69, 9.17) is 22.1 Å². The third kappa shape index (κ3) is 3.45. The number of nitrogens with zero attached hydrogens (tertiary/aromatic N) is 1. The molecule has 0 spiro atoms. The van der Waals surface area contributed by atoms with Crippen molar-refractivity contribution in [3.63, 3.8) is 0 Å². The minimum atomic E-state index is 0.416. The van der Waals surface area contributed by atoms with Crippen LogP contribution in [0.1, 0.15) is 11.3 Å². The highest BCUT2D eigenvalue weighted by atomic mass is 35.5. The first-order valence-electron chi connectivity index (χ1n) is 5.81. The van der Waals surface area contributed by atoms with Crippen LogP contribution in [0.5, 0.6) is 5.75 Å². The number of benzene rings is 1. The molecule has 0 aliphatic carbocycles. The molecule has 3 nitrogen and oxygen atoms in total. The van der Waals surface area contributed by atoms with E-state index in [0.29, 0.717) is 18.2 Å². The molecule has 0 bridgehead atoms. The Morgan fingerprint density at radius 1 is 1.22 bits per heavy atom. The van der Waals surface area contributed by atoms with Gasteiger partial charge in [0.2, 0.25) is 0 Å². The van der Waals surface area contributed by atoms with Gasteiger partial charge >= 0.3 is 0 Å². The number of halogens is 1. The molecule has 1 heterocycles. The molecule has 4 heteroatoms. The number of aromatic nitrogens is 1. The predicted octanol–water partition coefficient (Wildman–Crippen LogP) is 2.82. The summed E-state index contributed by atoms with van der Waals surface area (Å²) in [5.41, 5.74) is 7.59. The van der Waals surface area contributed by atoms with Crippen molar-refractivity contribution in [3.8, 4) is 5.75 Å². The first-order valence-corrected chi connectivity index (χ1v) is 6.18. The second-order valence-electron chi connectivity index (χ2n) is 3.88. The first kappa shape index (κ1) is 12.9. The fraction of sp³-hybridized carbons (Fsp3) is 0.214. The summed E-state index contributed by atoms with van der Waals surface area (Å²) in [4.78, 5) is 4.24. The summed E-state index contributed by atoms with van der Waals surface area (Å²) in [6.07, 6.45) is 2.55. The van der Waals surface area contributed by atoms with Crippen molar-refractivity contribution in [2.45, 2.75) is 13.0 Å². The van der Waals surface area contributed by atoms with Gasteiger partial charge in [-0.1, -0.05) is 17.7 Å². The van der Waals surface area contributed by atoms with Crippen molar-refractivity contribution in [2.75, 3.05) is 6.61 Å². The van der Waals surface area contributed by atoms with Crippen molar-refractivity contribution in [1.29, 1.82) is 0 Å². The quantitative estimate of drug-likeness (QED) is 0.901. The molecule has 0 atom stereocenters. The minimum absolute atomic E-state index is 0.416. The molecule has 0 aliphatic rings. The van der Waals surface area contributed by atoms with E-state index < -0.39 is 0 Å². The van der Waals surface area contributed by atoms with E-state index in [9.17, 15) is 0 Å². The lowest BCUT2D eigenvalue weighted by Crippen LogP contribution is -2.06. The predicted molar refractivity (Wildman–Crippen MR) is 72.8 cm³/mol. The van der Waals surface area contributed by atoms with E-state index in [1.54, 1.807) is 12.3 Å². The number of rotatable bonds is 5. The molecule has 1 aromatic carbocycles. The van der Waals surface area contributed by atoms with Gasteiger partial charge in [0.1, 0.15) is 5.75 Å². The van der Waals surface area contributed by atoms with E-state index in [0.717, 1.165) is 23.4 Å². The lowest BCUT2D eigenvalue weighted by molar-refractivity contribution is 0.317. The van der Waals surface area contributed by atoms with Crippen molar-refractivity contribution < 1.29 is 4.74 Å². The van der Waals surface area contributed by atoms with E-state index in [1.807, 2.05) is 30.3 Å². The maximum atomic E-state index is 5.90. The number of pyridine rings is 1. The fourth-order valence-corrected chi connectivity index (χ4v) is 1.85. The van der Waals surface area contributed by atoms with Crippen LogP contribution in [-0.4, -0.2) is 11.6 Å². The molecule has 2 rings (SSSR count). The summed E-state index contributed by atoms with van der Waals surface area (Å²) in [5, 5.41) is 0.674. The van der Waals surface area contributed by atoms with Crippen LogP contribution in [-0.2, 0) is 13.0 Å². The standard InChI is InChI=1S/C14H15ClN2O/c15-12-4-5-14(11(9-12)10-16)18-8-6-13-3-1-2-7-17-13/h1-5,7,9H,6,8,10,16H2. The molecule has 0 saturated heterocycles. The van der Waals surface area contributed by atoms with Crippen LogP contribution in [0, 0.1) is 0 Å². The fourth-order valence-electron chi connectivity index (χ4n) is 1.66. The van der Waals surface area contributed by atoms with Crippen LogP contribution in [0.3, 0.4) is 0 Å². The number of ether oxygens (including phenoxy) is 1. The van der Waals surface area contributed by atoms with Gasteiger partial charge in [0.15, 0.2) is 0 Å². The topological polar surface area (TPSA) is 48.1 Å². The van der Waals surface area contributed by atoms with Crippen LogP contribution in [0.2, 0.25) is 5.02 Å². The maximum Gasteiger partial charge on any atom is 0.123 e. The minimum Gasteiger partial charge on any atom is -0.493 e. The summed E-state index contributed by atoms with van der Waals surface area (Å²) in [6.45, 7) is 0.991. The highest BCUT2D eigenvalue weighted by Crippen LogP contribution is 2.22. The molecule has 0 aliphatic heterocycles. The largest absolute Gasteiger partial charge is 0.493 e. The second kappa shape index (κ2) is 6.38. The Hall–Kier alpha value is -1.58. The first-order chi connectivity index (χ1) is 8.79. The van der Waals surface area contributed by atoms with Crippen LogP contribution in [0.25, 0.3) is 0 Å². The summed E-state index contributed by atoms with van der Waals surface area (Å²) < 4.78 is 5.71. The second-order valence-corrected chi connectivity index (χ2v) is 4.31. The summed E-state index contributed by atoms with van der Waals surface area (Å²) in [5.74, 6) is 0.790. The Morgan fingerprint density at radius 3 is 2.83 bits per heavy atom. The molecule has 94 valence electrons. The molecule has 1 aromatic heterocycles. The number of hydrogen-bond donors (Lipinski definition) is 1. The van der Waals surface area contributed by atoms with E-state index in [-0.39, 0.29) is 0 Å². The maximum absolute atomic E-state index is 5.90. The molecular formula is C14H15ClN2O. The molecule has 2 aromatic rings. The molecule has 0 saturated carbocycles. The van der Waals surface area contributed by atoms with Crippen LogP contribution in [0.4, 0.5) is 0 Å². The van der Waals surface area contributed by atoms with E-state index in [1.165, 1.54) is 0 Å². The lowest BCUT2D eigenvalue weighted by Gasteiger charge is -2.10. The van der Waals surface area contributed by atoms with Gasteiger partial charge in [-0.15, -0.1) is 0 Å². The Kier molecular flexibility index (Phi) is 4.56. The van der Waals surface area contributed by atoms with Crippen LogP contribution in [0.15, 0.2) is 42.6 Å². The number of nitrogens with two attached hydrogens (primary N) is 1. The van der Waals surface area contributed by atoms with E-state index in [2.05, 4.69) is 4.98 Å². The molecule has 0 fully saturated rings. The SMILES string of the molecule is NCc1cc(Cl)ccc1OCCc1ccccn1. The highest BCUT2D eigenvalue weighted by molar-refractivity contribution is 6.30. The zero-order valence-corrected chi connectivity index (χ0v) is 10.7. The summed E-state index contributed by atoms with van der Waals surface area (Å²) >= 11 is 5.90. The average molecular weight is 263 g/mol. The molecule has 18 heavy (non-hydrogen) atoms. The molecule has 0 radical (unpaired) electrons. The van der Waals surface area contributed by atoms with Gasteiger partial charge in [-0.05, 0) is 30.3 Å². The van der Waals surface area contributed by atoms with Gasteiger partial charge in [0, 0.05) is 35.4 Å². The summed E-state index contributed by atoms with van der Waals surface area (Å²) in [6, 6.07) is 11.3.